The molecule has 4 aromatic carbocycles. The highest BCUT2D eigenvalue weighted by molar-refractivity contribution is 7.33. The normalized spacial score (nSPS) is 15.3. The first kappa shape index (κ1) is 60.4. The second-order valence-electron chi connectivity index (χ2n) is 24.1. The average molecular weight is 1120 g/mol. The average Bonchev–Trinajstić information content (AvgIpc) is 4.45. The summed E-state index contributed by atoms with van der Waals surface area (Å²) in [4.78, 5) is 12.9. The van der Waals surface area contributed by atoms with E-state index in [9.17, 15) is 4.57 Å². The summed E-state index contributed by atoms with van der Waals surface area (Å²) in [7, 11) is 0.0416. The van der Waals surface area contributed by atoms with Crippen LogP contribution in [0.2, 0.25) is 0 Å². The Hall–Kier alpha value is -5.69. The van der Waals surface area contributed by atoms with Crippen molar-refractivity contribution in [2.24, 2.45) is 11.8 Å². The minimum absolute atomic E-state index is 0.0621. The first-order chi connectivity index (χ1) is 38.0. The molecule has 80 heavy (non-hydrogen) atoms. The first-order valence-electron chi connectivity index (χ1n) is 28.6. The number of aromatic nitrogens is 2. The molecule has 0 spiro atoms. The van der Waals surface area contributed by atoms with E-state index < -0.39 is 31.1 Å². The van der Waals surface area contributed by atoms with E-state index in [2.05, 4.69) is 112 Å². The van der Waals surface area contributed by atoms with E-state index in [1.54, 1.807) is 12.1 Å². The van der Waals surface area contributed by atoms with E-state index in [4.69, 9.17) is 28.0 Å². The Bertz CT molecular complexity index is 2870. The fourth-order valence-electron chi connectivity index (χ4n) is 11.9. The maximum absolute atomic E-state index is 15.4. The van der Waals surface area contributed by atoms with Crippen LogP contribution in [0, 0.1) is 23.5 Å². The van der Waals surface area contributed by atoms with Crippen LogP contribution in [0.25, 0.3) is 22.3 Å². The number of nitrogens with zero attached hydrogens (tertiary/aromatic N) is 4. The molecular weight excluding hydrogens is 1030 g/mol. The largest absolute Gasteiger partial charge is 0.489 e. The van der Waals surface area contributed by atoms with Gasteiger partial charge in [0.15, 0.2) is 0 Å². The van der Waals surface area contributed by atoms with Gasteiger partial charge in [-0.1, -0.05) is 60.7 Å². The topological polar surface area (TPSA) is 105 Å². The number of ether oxygens (including phenoxy) is 4. The standard InChI is InChI=1S/C66H85F2N4O7P/c1-41(2)71(42(3)4)37-51-29-45(21-27-55(51)57-33-61(74-13)69-35-59(57)67)39-76-53-19-15-17-49(31-53)63(47-23-24-47)65(9,10)78-80(73)79-66(11,12)64(48-25-26-48)50-18-16-20-54(32-50)77-40-46-22-28-56(58-34-62(75-14)70-36-60(58)68)52(30-46)38-72(43(5)6)44(7)8/h15-22,27-36,41-44,47-48,63-64,80H,23-26,37-40H2,1-14H3. The molecule has 0 aliphatic heterocycles. The van der Waals surface area contributed by atoms with Crippen LogP contribution in [0.3, 0.4) is 0 Å². The maximum Gasteiger partial charge on any atom is 0.320 e. The Labute approximate surface area is 475 Å². The van der Waals surface area contributed by atoms with Crippen molar-refractivity contribution in [2.45, 2.75) is 182 Å². The van der Waals surface area contributed by atoms with Gasteiger partial charge in [0.1, 0.15) is 36.3 Å². The number of hydrogen-bond donors (Lipinski definition) is 0. The van der Waals surface area contributed by atoms with E-state index in [1.807, 2.05) is 76.2 Å². The predicted molar refractivity (Wildman–Crippen MR) is 316 cm³/mol. The highest BCUT2D eigenvalue weighted by Gasteiger charge is 2.47. The summed E-state index contributed by atoms with van der Waals surface area (Å²) in [5.74, 6) is 1.90. The van der Waals surface area contributed by atoms with Crippen LogP contribution < -0.4 is 18.9 Å². The van der Waals surface area contributed by atoms with Crippen molar-refractivity contribution in [1.82, 2.24) is 19.8 Å². The summed E-state index contributed by atoms with van der Waals surface area (Å²) >= 11 is 0. The number of benzene rings is 4. The van der Waals surface area contributed by atoms with Crippen LogP contribution in [-0.2, 0) is 39.9 Å². The predicted octanol–water partition coefficient (Wildman–Crippen LogP) is 16.2. The Kier molecular flexibility index (Phi) is 19.7. The molecule has 2 fully saturated rings. The quantitative estimate of drug-likeness (QED) is 0.0439. The van der Waals surface area contributed by atoms with Crippen molar-refractivity contribution in [1.29, 1.82) is 0 Å². The molecule has 0 N–H and O–H groups in total. The smallest absolute Gasteiger partial charge is 0.320 e. The molecule has 2 saturated carbocycles. The van der Waals surface area contributed by atoms with Crippen LogP contribution in [0.15, 0.2) is 109 Å². The third kappa shape index (κ3) is 15.0. The minimum atomic E-state index is -3.02. The van der Waals surface area contributed by atoms with E-state index >= 15 is 8.78 Å². The third-order valence-electron chi connectivity index (χ3n) is 16.0. The Morgan fingerprint density at radius 2 is 0.912 bits per heavy atom. The summed E-state index contributed by atoms with van der Waals surface area (Å²) in [5, 5.41) is 0. The second kappa shape index (κ2) is 26.0. The van der Waals surface area contributed by atoms with Crippen LogP contribution in [0.4, 0.5) is 8.78 Å². The van der Waals surface area contributed by atoms with Crippen molar-refractivity contribution in [2.75, 3.05) is 14.2 Å². The van der Waals surface area contributed by atoms with Crippen LogP contribution >= 0.6 is 8.25 Å². The van der Waals surface area contributed by atoms with Gasteiger partial charge >= 0.3 is 8.25 Å². The molecule has 2 heterocycles. The van der Waals surface area contributed by atoms with Crippen LogP contribution in [-0.4, -0.2) is 69.4 Å². The lowest BCUT2D eigenvalue weighted by Crippen LogP contribution is -2.36. The zero-order valence-corrected chi connectivity index (χ0v) is 50.6. The number of hydrogen-bond acceptors (Lipinski definition) is 11. The zero-order chi connectivity index (χ0) is 57.6. The SMILES string of the molecule is COc1cc(-c2ccc(COc3cccc(C(C4CC4)C(C)(C)O[PH](=O)OC(C)(C)C(c4cccc(OCc5ccc(-c6cc(OC)ncc6F)c(CN(C(C)C)C(C)C)c5)c4)C4CC4)c3)cc2CN(C(C)C)C(C)C)c(F)cn1. The molecule has 6 aromatic rings. The highest BCUT2D eigenvalue weighted by atomic mass is 31.1. The van der Waals surface area contributed by atoms with Crippen molar-refractivity contribution >= 4 is 8.25 Å². The maximum atomic E-state index is 15.4. The fraction of sp³-hybridized carbons (Fsp3) is 0.485. The van der Waals surface area contributed by atoms with E-state index in [-0.39, 0.29) is 36.0 Å². The number of rotatable bonds is 28. The number of methoxy groups -OCH3 is 2. The third-order valence-corrected chi connectivity index (χ3v) is 17.4. The molecule has 0 radical (unpaired) electrons. The molecule has 2 aliphatic carbocycles. The monoisotopic (exact) mass is 1110 g/mol. The lowest BCUT2D eigenvalue weighted by Gasteiger charge is -2.38. The summed E-state index contributed by atoms with van der Waals surface area (Å²) < 4.78 is 82.2. The molecule has 11 nitrogen and oxygen atoms in total. The Morgan fingerprint density at radius 1 is 0.537 bits per heavy atom. The lowest BCUT2D eigenvalue weighted by atomic mass is 9.81. The summed E-state index contributed by atoms with van der Waals surface area (Å²) in [6.45, 7) is 27.4. The van der Waals surface area contributed by atoms with Gasteiger partial charge in [0, 0.05) is 72.4 Å². The number of halogens is 2. The zero-order valence-electron chi connectivity index (χ0n) is 49.6. The molecule has 2 atom stereocenters. The molecular formula is C66H85F2N4O7P. The van der Waals surface area contributed by atoms with Crippen molar-refractivity contribution in [3.63, 3.8) is 0 Å². The molecule has 0 amide bonds. The molecule has 2 unspecified atom stereocenters. The molecule has 2 aliphatic rings. The summed E-state index contributed by atoms with van der Waals surface area (Å²) in [6, 6.07) is 32.9. The van der Waals surface area contributed by atoms with E-state index in [0.717, 1.165) is 81.7 Å². The van der Waals surface area contributed by atoms with Gasteiger partial charge in [-0.15, -0.1) is 0 Å². The van der Waals surface area contributed by atoms with Gasteiger partial charge in [-0.3, -0.25) is 14.4 Å². The molecule has 0 bridgehead atoms. The molecule has 430 valence electrons. The Morgan fingerprint density at radius 3 is 1.25 bits per heavy atom. The highest BCUT2D eigenvalue weighted by Crippen LogP contribution is 2.56. The van der Waals surface area contributed by atoms with Gasteiger partial charge in [0.25, 0.3) is 0 Å². The van der Waals surface area contributed by atoms with Crippen LogP contribution in [0.1, 0.15) is 154 Å². The van der Waals surface area contributed by atoms with E-state index in [1.165, 1.54) is 26.6 Å². The van der Waals surface area contributed by atoms with Gasteiger partial charge in [-0.05, 0) is 189 Å². The van der Waals surface area contributed by atoms with Gasteiger partial charge in [-0.2, -0.15) is 0 Å². The second-order valence-corrected chi connectivity index (χ2v) is 25.0. The molecule has 14 heteroatoms. The lowest BCUT2D eigenvalue weighted by molar-refractivity contribution is 0.0123. The van der Waals surface area contributed by atoms with Crippen LogP contribution in [0.5, 0.6) is 23.3 Å². The summed E-state index contributed by atoms with van der Waals surface area (Å²) in [5.41, 5.74) is 6.80. The van der Waals surface area contributed by atoms with Gasteiger partial charge in [0.05, 0.1) is 37.8 Å². The molecule has 0 saturated heterocycles. The molecule has 8 rings (SSSR count). The van der Waals surface area contributed by atoms with Crippen molar-refractivity contribution < 1.29 is 41.3 Å². The van der Waals surface area contributed by atoms with Crippen molar-refractivity contribution in [3.8, 4) is 45.5 Å². The number of pyridine rings is 2. The Balaban J connectivity index is 0.951. The first-order valence-corrected chi connectivity index (χ1v) is 29.8. The minimum Gasteiger partial charge on any atom is -0.489 e. The van der Waals surface area contributed by atoms with E-state index in [0.29, 0.717) is 61.0 Å². The van der Waals surface area contributed by atoms with Gasteiger partial charge < -0.3 is 28.0 Å². The van der Waals surface area contributed by atoms with Crippen molar-refractivity contribution in [3.05, 3.63) is 154 Å². The van der Waals surface area contributed by atoms with Gasteiger partial charge in [-0.25, -0.2) is 18.7 Å². The fourth-order valence-corrected chi connectivity index (χ4v) is 13.1. The molecule has 2 aromatic heterocycles. The van der Waals surface area contributed by atoms with Gasteiger partial charge in [0.2, 0.25) is 11.8 Å². The summed E-state index contributed by atoms with van der Waals surface area (Å²) in [6.07, 6.45) is 6.60.